The van der Waals surface area contributed by atoms with Crippen molar-refractivity contribution in [2.24, 2.45) is 0 Å². The molecule has 0 saturated heterocycles. The first-order valence-electron chi connectivity index (χ1n) is 6.32. The molecule has 5 heteroatoms. The van der Waals surface area contributed by atoms with Crippen LogP contribution in [-0.4, -0.2) is 31.5 Å². The number of nitrogens with one attached hydrogen (secondary N) is 1. The molecule has 3 aromatic rings. The number of nitrogens with zero attached hydrogens (tertiary/aromatic N) is 3. The Kier molecular flexibility index (Phi) is 3.05. The molecule has 2 N–H and O–H groups in total. The molecule has 1 aromatic carbocycles. The summed E-state index contributed by atoms with van der Waals surface area (Å²) in [6, 6.07) is 6.34. The lowest BCUT2D eigenvalue weighted by Gasteiger charge is -2.05. The van der Waals surface area contributed by atoms with E-state index in [0.29, 0.717) is 6.42 Å². The van der Waals surface area contributed by atoms with Crippen LogP contribution in [0.4, 0.5) is 0 Å². The van der Waals surface area contributed by atoms with Gasteiger partial charge in [-0.1, -0.05) is 6.07 Å². The van der Waals surface area contributed by atoms with E-state index in [0.717, 1.165) is 23.4 Å². The number of hydrogen-bond donors (Lipinski definition) is 2. The average Bonchev–Trinajstić information content (AvgIpc) is 2.98. The molecule has 0 radical (unpaired) electrons. The highest BCUT2D eigenvalue weighted by atomic mass is 16.2. The highest BCUT2D eigenvalue weighted by Gasteiger charge is 2.06. The standard InChI is InChI=1S/C14H16N4O/c1-10-17-16-9-18(10)8-11-2-3-14-13(6-11)12(4-5-19)7-15-14/h2-3,6-7,9,15,19H,4-5,8H2,1H3. The Hall–Kier alpha value is -2.14. The second-order valence-electron chi connectivity index (χ2n) is 4.67. The third-order valence-electron chi connectivity index (χ3n) is 3.38. The van der Waals surface area contributed by atoms with Gasteiger partial charge >= 0.3 is 0 Å². The summed E-state index contributed by atoms with van der Waals surface area (Å²) in [6.07, 6.45) is 4.38. The van der Waals surface area contributed by atoms with Gasteiger partial charge in [-0.05, 0) is 36.6 Å². The summed E-state index contributed by atoms with van der Waals surface area (Å²) in [5.74, 6) is 0.907. The number of aliphatic hydroxyl groups is 1. The van der Waals surface area contributed by atoms with Crippen LogP contribution in [0.1, 0.15) is 17.0 Å². The molecule has 0 aliphatic rings. The van der Waals surface area contributed by atoms with Gasteiger partial charge in [0, 0.05) is 23.7 Å². The van der Waals surface area contributed by atoms with Crippen LogP contribution in [0.2, 0.25) is 0 Å². The lowest BCUT2D eigenvalue weighted by molar-refractivity contribution is 0.300. The normalized spacial score (nSPS) is 11.3. The summed E-state index contributed by atoms with van der Waals surface area (Å²) in [5, 5.41) is 18.1. The Morgan fingerprint density at radius 3 is 3.00 bits per heavy atom. The second-order valence-corrected chi connectivity index (χ2v) is 4.67. The monoisotopic (exact) mass is 256 g/mol. The average molecular weight is 256 g/mol. The van der Waals surface area contributed by atoms with Gasteiger partial charge in [-0.3, -0.25) is 0 Å². The van der Waals surface area contributed by atoms with Gasteiger partial charge in [0.2, 0.25) is 0 Å². The highest BCUT2D eigenvalue weighted by molar-refractivity contribution is 5.83. The van der Waals surface area contributed by atoms with Gasteiger partial charge in [0.25, 0.3) is 0 Å². The highest BCUT2D eigenvalue weighted by Crippen LogP contribution is 2.21. The molecule has 0 bridgehead atoms. The van der Waals surface area contributed by atoms with Crippen molar-refractivity contribution < 1.29 is 5.11 Å². The first-order chi connectivity index (χ1) is 9.28. The van der Waals surface area contributed by atoms with E-state index in [4.69, 9.17) is 5.11 Å². The minimum Gasteiger partial charge on any atom is -0.396 e. The van der Waals surface area contributed by atoms with E-state index in [1.165, 1.54) is 10.9 Å². The molecule has 3 rings (SSSR count). The third-order valence-corrected chi connectivity index (χ3v) is 3.38. The predicted octanol–water partition coefficient (Wildman–Crippen LogP) is 1.65. The fraction of sp³-hybridized carbons (Fsp3) is 0.286. The van der Waals surface area contributed by atoms with E-state index >= 15 is 0 Å². The summed E-state index contributed by atoms with van der Waals surface area (Å²) in [5.41, 5.74) is 3.46. The van der Waals surface area contributed by atoms with Crippen LogP contribution in [0.3, 0.4) is 0 Å². The van der Waals surface area contributed by atoms with Crippen molar-refractivity contribution in [1.82, 2.24) is 19.7 Å². The van der Waals surface area contributed by atoms with Gasteiger partial charge < -0.3 is 14.7 Å². The van der Waals surface area contributed by atoms with Gasteiger partial charge in [-0.15, -0.1) is 10.2 Å². The molecule has 2 aromatic heterocycles. The number of H-pyrrole nitrogens is 1. The van der Waals surface area contributed by atoms with E-state index in [9.17, 15) is 0 Å². The lowest BCUT2D eigenvalue weighted by Crippen LogP contribution is -2.00. The number of fused-ring (bicyclic) bond motifs is 1. The fourth-order valence-corrected chi connectivity index (χ4v) is 2.32. The molecule has 0 saturated carbocycles. The first-order valence-corrected chi connectivity index (χ1v) is 6.32. The van der Waals surface area contributed by atoms with Gasteiger partial charge in [-0.2, -0.15) is 0 Å². The van der Waals surface area contributed by atoms with Crippen molar-refractivity contribution in [1.29, 1.82) is 0 Å². The minimum atomic E-state index is 0.168. The van der Waals surface area contributed by atoms with Crippen LogP contribution in [-0.2, 0) is 13.0 Å². The zero-order chi connectivity index (χ0) is 13.2. The molecule has 2 heterocycles. The largest absolute Gasteiger partial charge is 0.396 e. The van der Waals surface area contributed by atoms with E-state index in [1.807, 2.05) is 17.7 Å². The molecule has 0 atom stereocenters. The molecule has 0 aliphatic carbocycles. The molecule has 0 unspecified atom stereocenters. The molecule has 0 fully saturated rings. The van der Waals surface area contributed by atoms with Crippen molar-refractivity contribution in [3.63, 3.8) is 0 Å². The molecule has 98 valence electrons. The maximum atomic E-state index is 9.08. The fourth-order valence-electron chi connectivity index (χ4n) is 2.32. The molecule has 19 heavy (non-hydrogen) atoms. The third kappa shape index (κ3) is 2.24. The van der Waals surface area contributed by atoms with Gasteiger partial charge in [0.05, 0.1) is 6.54 Å². The maximum Gasteiger partial charge on any atom is 0.129 e. The van der Waals surface area contributed by atoms with Crippen LogP contribution in [0.5, 0.6) is 0 Å². The SMILES string of the molecule is Cc1nncn1Cc1ccc2[nH]cc(CCO)c2c1. The predicted molar refractivity (Wildman–Crippen MR) is 72.9 cm³/mol. The Morgan fingerprint density at radius 1 is 1.37 bits per heavy atom. The molecule has 0 amide bonds. The molecular weight excluding hydrogens is 240 g/mol. The minimum absolute atomic E-state index is 0.168. The van der Waals surface area contributed by atoms with Crippen molar-refractivity contribution >= 4 is 10.9 Å². The molecule has 0 spiro atoms. The summed E-state index contributed by atoms with van der Waals surface area (Å²) < 4.78 is 2.01. The van der Waals surface area contributed by atoms with E-state index < -0.39 is 0 Å². The van der Waals surface area contributed by atoms with Crippen molar-refractivity contribution in [3.05, 3.63) is 47.7 Å². The Bertz CT molecular complexity index is 698. The van der Waals surface area contributed by atoms with Crippen molar-refractivity contribution in [3.8, 4) is 0 Å². The number of benzene rings is 1. The molecule has 5 nitrogen and oxygen atoms in total. The zero-order valence-electron chi connectivity index (χ0n) is 10.8. The second kappa shape index (κ2) is 4.85. The number of aromatic nitrogens is 4. The number of aliphatic hydroxyl groups excluding tert-OH is 1. The summed E-state index contributed by atoms with van der Waals surface area (Å²) in [4.78, 5) is 3.23. The maximum absolute atomic E-state index is 9.08. The van der Waals surface area contributed by atoms with Crippen LogP contribution >= 0.6 is 0 Å². The topological polar surface area (TPSA) is 66.7 Å². The summed E-state index contributed by atoms with van der Waals surface area (Å²) in [6.45, 7) is 2.87. The number of aromatic amines is 1. The molecule has 0 aliphatic heterocycles. The van der Waals surface area contributed by atoms with Gasteiger partial charge in [-0.25, -0.2) is 0 Å². The lowest BCUT2D eigenvalue weighted by atomic mass is 10.1. The molecular formula is C14H16N4O. The number of hydrogen-bond acceptors (Lipinski definition) is 3. The van der Waals surface area contributed by atoms with Crippen LogP contribution < -0.4 is 0 Å². The zero-order valence-corrected chi connectivity index (χ0v) is 10.8. The smallest absolute Gasteiger partial charge is 0.129 e. The van der Waals surface area contributed by atoms with Crippen LogP contribution in [0.25, 0.3) is 10.9 Å². The Morgan fingerprint density at radius 2 is 2.26 bits per heavy atom. The summed E-state index contributed by atoms with van der Waals surface area (Å²) in [7, 11) is 0. The van der Waals surface area contributed by atoms with E-state index in [-0.39, 0.29) is 6.61 Å². The van der Waals surface area contributed by atoms with Gasteiger partial charge in [0.15, 0.2) is 0 Å². The Balaban J connectivity index is 1.96. The first kappa shape index (κ1) is 11.9. The van der Waals surface area contributed by atoms with E-state index in [1.54, 1.807) is 6.33 Å². The summed E-state index contributed by atoms with van der Waals surface area (Å²) >= 11 is 0. The van der Waals surface area contributed by atoms with Crippen LogP contribution in [0.15, 0.2) is 30.7 Å². The Labute approximate surface area is 110 Å². The number of rotatable bonds is 4. The van der Waals surface area contributed by atoms with Gasteiger partial charge in [0.1, 0.15) is 12.2 Å². The number of aryl methyl sites for hydroxylation is 1. The van der Waals surface area contributed by atoms with E-state index in [2.05, 4.69) is 33.4 Å². The quantitative estimate of drug-likeness (QED) is 0.746. The van der Waals surface area contributed by atoms with Crippen molar-refractivity contribution in [2.75, 3.05) is 6.61 Å². The van der Waals surface area contributed by atoms with Crippen LogP contribution in [0, 0.1) is 6.92 Å². The van der Waals surface area contributed by atoms with Crippen molar-refractivity contribution in [2.45, 2.75) is 19.9 Å².